The van der Waals surface area contributed by atoms with Crippen molar-refractivity contribution in [2.75, 3.05) is 13.7 Å². The molecule has 1 aliphatic carbocycles. The number of hydrogen-bond donors (Lipinski definition) is 2. The van der Waals surface area contributed by atoms with Gasteiger partial charge >= 0.3 is 6.09 Å². The number of amides is 1. The maximum atomic E-state index is 12.2. The van der Waals surface area contributed by atoms with Crippen LogP contribution < -0.4 is 10.1 Å². The highest BCUT2D eigenvalue weighted by Crippen LogP contribution is 2.38. The summed E-state index contributed by atoms with van der Waals surface area (Å²) in [4.78, 5) is 12.2. The fraction of sp³-hybridized carbons (Fsp3) is 0.316. The number of methoxy groups -OCH3 is 1. The van der Waals surface area contributed by atoms with E-state index in [1.807, 2.05) is 48.5 Å². The molecule has 2 aromatic carbocycles. The summed E-state index contributed by atoms with van der Waals surface area (Å²) in [5, 5.41) is 12.8. The Labute approximate surface area is 141 Å². The van der Waals surface area contributed by atoms with E-state index in [1.165, 1.54) is 0 Å². The highest BCUT2D eigenvalue weighted by molar-refractivity contribution is 5.69. The highest BCUT2D eigenvalue weighted by Gasteiger charge is 2.40. The first-order valence-corrected chi connectivity index (χ1v) is 7.94. The topological polar surface area (TPSA) is 67.8 Å². The van der Waals surface area contributed by atoms with Gasteiger partial charge in [0, 0.05) is 0 Å². The molecule has 2 aromatic rings. The lowest BCUT2D eigenvalue weighted by Crippen LogP contribution is -2.47. The molecule has 0 spiro atoms. The molecule has 1 amide bonds. The van der Waals surface area contributed by atoms with E-state index in [4.69, 9.17) is 9.47 Å². The first kappa shape index (κ1) is 16.3. The Morgan fingerprint density at radius 3 is 2.75 bits per heavy atom. The zero-order chi connectivity index (χ0) is 17.0. The summed E-state index contributed by atoms with van der Waals surface area (Å²) in [7, 11) is 1.60. The molecular weight excluding hydrogens is 306 g/mol. The van der Waals surface area contributed by atoms with Crippen LogP contribution in [0.4, 0.5) is 4.79 Å². The minimum atomic E-state index is -0.822. The van der Waals surface area contributed by atoms with Gasteiger partial charge in [-0.3, -0.25) is 0 Å². The Hall–Kier alpha value is -2.53. The van der Waals surface area contributed by atoms with Crippen LogP contribution >= 0.6 is 0 Å². The van der Waals surface area contributed by atoms with Crippen molar-refractivity contribution >= 4 is 6.09 Å². The van der Waals surface area contributed by atoms with Gasteiger partial charge in [0.15, 0.2) is 0 Å². The van der Waals surface area contributed by atoms with Crippen molar-refractivity contribution < 1.29 is 19.4 Å². The molecule has 0 saturated heterocycles. The van der Waals surface area contributed by atoms with Crippen LogP contribution in [0.3, 0.4) is 0 Å². The molecular formula is C19H21NO4. The number of benzene rings is 2. The zero-order valence-electron chi connectivity index (χ0n) is 13.6. The molecule has 1 aliphatic rings. The summed E-state index contributed by atoms with van der Waals surface area (Å²) < 4.78 is 10.6. The van der Waals surface area contributed by atoms with Crippen molar-refractivity contribution in [2.45, 2.75) is 25.0 Å². The number of alkyl carbamates (subject to hydrolysis) is 1. The quantitative estimate of drug-likeness (QED) is 0.886. The van der Waals surface area contributed by atoms with E-state index in [-0.39, 0.29) is 13.2 Å². The van der Waals surface area contributed by atoms with Crippen LogP contribution in [0.1, 0.15) is 23.1 Å². The molecule has 0 bridgehead atoms. The largest absolute Gasteiger partial charge is 0.497 e. The smallest absolute Gasteiger partial charge is 0.408 e. The predicted molar refractivity (Wildman–Crippen MR) is 89.8 cm³/mol. The second-order valence-corrected chi connectivity index (χ2v) is 5.95. The third-order valence-corrected chi connectivity index (χ3v) is 4.48. The van der Waals surface area contributed by atoms with Crippen LogP contribution in [-0.4, -0.2) is 24.9 Å². The van der Waals surface area contributed by atoms with E-state index in [9.17, 15) is 9.90 Å². The molecule has 0 radical (unpaired) electrons. The van der Waals surface area contributed by atoms with Gasteiger partial charge in [-0.1, -0.05) is 36.4 Å². The van der Waals surface area contributed by atoms with Crippen molar-refractivity contribution in [3.8, 4) is 5.75 Å². The number of carbonyl (C=O) groups is 1. The van der Waals surface area contributed by atoms with E-state index in [2.05, 4.69) is 5.32 Å². The summed E-state index contributed by atoms with van der Waals surface area (Å²) in [6.07, 6.45) is 0.884. The third-order valence-electron chi connectivity index (χ3n) is 4.48. The Balaban J connectivity index is 1.72. The van der Waals surface area contributed by atoms with Crippen LogP contribution in [0.15, 0.2) is 48.5 Å². The number of fused-ring (bicyclic) bond motifs is 1. The average molecular weight is 327 g/mol. The third kappa shape index (κ3) is 3.21. The number of nitrogens with one attached hydrogen (secondary N) is 1. The van der Waals surface area contributed by atoms with E-state index in [0.717, 1.165) is 23.1 Å². The van der Waals surface area contributed by atoms with Gasteiger partial charge in [-0.05, 0) is 41.7 Å². The van der Waals surface area contributed by atoms with E-state index >= 15 is 0 Å². The summed E-state index contributed by atoms with van der Waals surface area (Å²) in [6.45, 7) is 0.00670. The second-order valence-electron chi connectivity index (χ2n) is 5.95. The first-order valence-electron chi connectivity index (χ1n) is 7.94. The van der Waals surface area contributed by atoms with Gasteiger partial charge in [0.25, 0.3) is 0 Å². The normalized spacial score (nSPS) is 18.8. The van der Waals surface area contributed by atoms with Crippen molar-refractivity contribution in [3.63, 3.8) is 0 Å². The zero-order valence-corrected chi connectivity index (χ0v) is 13.6. The monoisotopic (exact) mass is 327 g/mol. The van der Waals surface area contributed by atoms with Gasteiger partial charge in [0.1, 0.15) is 12.4 Å². The maximum absolute atomic E-state index is 12.2. The molecule has 126 valence electrons. The van der Waals surface area contributed by atoms with Crippen LogP contribution in [-0.2, 0) is 23.3 Å². The average Bonchev–Trinajstić information content (AvgIpc) is 2.99. The minimum Gasteiger partial charge on any atom is -0.497 e. The molecule has 0 fully saturated rings. The van der Waals surface area contributed by atoms with E-state index in [1.54, 1.807) is 7.11 Å². The highest BCUT2D eigenvalue weighted by atomic mass is 16.5. The second kappa shape index (κ2) is 6.93. The summed E-state index contributed by atoms with van der Waals surface area (Å²) in [5.74, 6) is 0.702. The SMILES string of the molecule is COc1ccc2c(c1)C(CO)(NC(=O)OCc1ccccc1)CC2. The lowest BCUT2D eigenvalue weighted by Gasteiger charge is -2.29. The molecule has 0 saturated carbocycles. The Bertz CT molecular complexity index is 717. The molecule has 24 heavy (non-hydrogen) atoms. The van der Waals surface area contributed by atoms with Crippen LogP contribution in [0.5, 0.6) is 5.75 Å². The van der Waals surface area contributed by atoms with Crippen molar-refractivity contribution in [3.05, 3.63) is 65.2 Å². The minimum absolute atomic E-state index is 0.187. The fourth-order valence-corrected chi connectivity index (χ4v) is 3.12. The lowest BCUT2D eigenvalue weighted by molar-refractivity contribution is 0.105. The number of carbonyl (C=O) groups excluding carboxylic acids is 1. The van der Waals surface area contributed by atoms with Gasteiger partial charge in [0.2, 0.25) is 0 Å². The number of rotatable bonds is 5. The van der Waals surface area contributed by atoms with Crippen molar-refractivity contribution in [1.82, 2.24) is 5.32 Å². The number of aryl methyl sites for hydroxylation is 1. The van der Waals surface area contributed by atoms with Crippen LogP contribution in [0.25, 0.3) is 0 Å². The standard InChI is InChI=1S/C19H21NO4/c1-23-16-8-7-15-9-10-19(13-21,17(15)11-16)20-18(22)24-12-14-5-3-2-4-6-14/h2-8,11,21H,9-10,12-13H2,1H3,(H,20,22). The van der Waals surface area contributed by atoms with E-state index < -0.39 is 11.6 Å². The van der Waals surface area contributed by atoms with Crippen molar-refractivity contribution in [2.24, 2.45) is 0 Å². The molecule has 0 aliphatic heterocycles. The number of aliphatic hydroxyl groups excluding tert-OH is 1. The van der Waals surface area contributed by atoms with Gasteiger partial charge in [-0.2, -0.15) is 0 Å². The summed E-state index contributed by atoms with van der Waals surface area (Å²) in [5.41, 5.74) is 2.09. The molecule has 0 heterocycles. The molecule has 1 atom stereocenters. The fourth-order valence-electron chi connectivity index (χ4n) is 3.12. The Morgan fingerprint density at radius 2 is 2.04 bits per heavy atom. The van der Waals surface area contributed by atoms with Gasteiger partial charge < -0.3 is 19.9 Å². The molecule has 3 rings (SSSR count). The van der Waals surface area contributed by atoms with Gasteiger partial charge in [0.05, 0.1) is 19.3 Å². The lowest BCUT2D eigenvalue weighted by atomic mass is 9.92. The van der Waals surface area contributed by atoms with Crippen molar-refractivity contribution in [1.29, 1.82) is 0 Å². The number of aliphatic hydroxyl groups is 1. The Kier molecular flexibility index (Phi) is 4.71. The molecule has 1 unspecified atom stereocenters. The molecule has 0 aromatic heterocycles. The van der Waals surface area contributed by atoms with Gasteiger partial charge in [-0.15, -0.1) is 0 Å². The summed E-state index contributed by atoms with van der Waals surface area (Å²) >= 11 is 0. The molecule has 5 heteroatoms. The number of hydrogen-bond acceptors (Lipinski definition) is 4. The summed E-state index contributed by atoms with van der Waals surface area (Å²) in [6, 6.07) is 15.2. The Morgan fingerprint density at radius 1 is 1.25 bits per heavy atom. The first-order chi connectivity index (χ1) is 11.7. The van der Waals surface area contributed by atoms with E-state index in [0.29, 0.717) is 12.2 Å². The predicted octanol–water partition coefficient (Wildman–Crippen LogP) is 2.76. The van der Waals surface area contributed by atoms with Crippen LogP contribution in [0, 0.1) is 0 Å². The number of ether oxygens (including phenoxy) is 2. The molecule has 2 N–H and O–H groups in total. The maximum Gasteiger partial charge on any atom is 0.408 e. The van der Waals surface area contributed by atoms with Crippen LogP contribution in [0.2, 0.25) is 0 Å². The van der Waals surface area contributed by atoms with Gasteiger partial charge in [-0.25, -0.2) is 4.79 Å². The molecule has 5 nitrogen and oxygen atoms in total.